The first-order valence-electron chi connectivity index (χ1n) is 7.86. The van der Waals surface area contributed by atoms with Crippen LogP contribution in [-0.2, 0) is 4.74 Å². The molecule has 1 aromatic carbocycles. The molecule has 0 unspecified atom stereocenters. The Morgan fingerprint density at radius 2 is 1.96 bits per heavy atom. The van der Waals surface area contributed by atoms with E-state index in [0.29, 0.717) is 18.1 Å². The zero-order valence-corrected chi connectivity index (χ0v) is 14.9. The third-order valence-corrected chi connectivity index (χ3v) is 3.90. The molecule has 0 bridgehead atoms. The average molecular weight is 341 g/mol. The Kier molecular flexibility index (Phi) is 5.63. The molecule has 0 aromatic heterocycles. The van der Waals surface area contributed by atoms with E-state index in [-0.39, 0.29) is 12.1 Å². The molecular formula is C17H25ClN2O3. The van der Waals surface area contributed by atoms with Crippen molar-refractivity contribution in [2.75, 3.05) is 25.5 Å². The van der Waals surface area contributed by atoms with E-state index in [9.17, 15) is 4.79 Å². The lowest BCUT2D eigenvalue weighted by atomic mass is 10.0. The molecule has 128 valence electrons. The highest BCUT2D eigenvalue weighted by atomic mass is 35.5. The Labute approximate surface area is 142 Å². The molecule has 1 fully saturated rings. The molecule has 1 N–H and O–H groups in total. The second-order valence-corrected chi connectivity index (χ2v) is 7.17. The third-order valence-electron chi connectivity index (χ3n) is 3.67. The number of rotatable bonds is 3. The normalized spacial score (nSPS) is 16.1. The molecule has 1 aromatic rings. The minimum atomic E-state index is -0.458. The Morgan fingerprint density at radius 3 is 2.52 bits per heavy atom. The number of hydrogen-bond acceptors (Lipinski definition) is 4. The van der Waals surface area contributed by atoms with Crippen molar-refractivity contribution in [3.8, 4) is 5.75 Å². The monoisotopic (exact) mass is 340 g/mol. The van der Waals surface area contributed by atoms with Crippen molar-refractivity contribution in [2.24, 2.45) is 0 Å². The van der Waals surface area contributed by atoms with Gasteiger partial charge in [-0.05, 0) is 51.8 Å². The number of ether oxygens (including phenoxy) is 2. The summed E-state index contributed by atoms with van der Waals surface area (Å²) in [5, 5.41) is 4.13. The molecule has 1 aliphatic rings. The second-order valence-electron chi connectivity index (χ2n) is 6.73. The molecule has 6 heteroatoms. The molecule has 0 aliphatic carbocycles. The van der Waals surface area contributed by atoms with E-state index in [2.05, 4.69) is 5.32 Å². The quantitative estimate of drug-likeness (QED) is 0.897. The Hall–Kier alpha value is -1.62. The van der Waals surface area contributed by atoms with Crippen molar-refractivity contribution < 1.29 is 14.3 Å². The minimum Gasteiger partial charge on any atom is -0.495 e. The van der Waals surface area contributed by atoms with Crippen molar-refractivity contribution in [2.45, 2.75) is 45.3 Å². The van der Waals surface area contributed by atoms with Crippen molar-refractivity contribution >= 4 is 23.4 Å². The molecule has 1 heterocycles. The largest absolute Gasteiger partial charge is 0.495 e. The van der Waals surface area contributed by atoms with Gasteiger partial charge in [-0.15, -0.1) is 0 Å². The molecule has 5 nitrogen and oxygen atoms in total. The van der Waals surface area contributed by atoms with Gasteiger partial charge in [0, 0.05) is 24.2 Å². The number of nitrogens with zero attached hydrogens (tertiary/aromatic N) is 1. The SMILES string of the molecule is COc1ccc(Cl)cc1NC1CCN(C(=O)OC(C)(C)C)CC1. The maximum Gasteiger partial charge on any atom is 0.410 e. The number of likely N-dealkylation sites (tertiary alicyclic amines) is 1. The van der Waals surface area contributed by atoms with E-state index in [1.807, 2.05) is 32.9 Å². The number of anilines is 1. The van der Waals surface area contributed by atoms with E-state index in [1.165, 1.54) is 0 Å². The van der Waals surface area contributed by atoms with Crippen LogP contribution in [0, 0.1) is 0 Å². The van der Waals surface area contributed by atoms with Crippen LogP contribution in [0.2, 0.25) is 5.02 Å². The van der Waals surface area contributed by atoms with Gasteiger partial charge < -0.3 is 19.7 Å². The van der Waals surface area contributed by atoms with Gasteiger partial charge in [0.1, 0.15) is 11.4 Å². The van der Waals surface area contributed by atoms with Crippen LogP contribution in [-0.4, -0.2) is 42.8 Å². The molecule has 0 radical (unpaired) electrons. The number of hydrogen-bond donors (Lipinski definition) is 1. The fourth-order valence-electron chi connectivity index (χ4n) is 2.55. The highest BCUT2D eigenvalue weighted by Gasteiger charge is 2.27. The van der Waals surface area contributed by atoms with E-state index in [4.69, 9.17) is 21.1 Å². The number of piperidine rings is 1. The molecule has 0 spiro atoms. The molecule has 0 atom stereocenters. The highest BCUT2D eigenvalue weighted by molar-refractivity contribution is 6.30. The van der Waals surface area contributed by atoms with Gasteiger partial charge in [0.15, 0.2) is 0 Å². The van der Waals surface area contributed by atoms with E-state index >= 15 is 0 Å². The van der Waals surface area contributed by atoms with Gasteiger partial charge in [0.2, 0.25) is 0 Å². The first-order chi connectivity index (χ1) is 10.8. The predicted octanol–water partition coefficient (Wildman–Crippen LogP) is 4.16. The molecular weight excluding hydrogens is 316 g/mol. The van der Waals surface area contributed by atoms with E-state index < -0.39 is 5.60 Å². The van der Waals surface area contributed by atoms with Crippen LogP contribution >= 0.6 is 11.6 Å². The molecule has 0 saturated carbocycles. The number of benzene rings is 1. The van der Waals surface area contributed by atoms with Crippen molar-refractivity contribution in [1.82, 2.24) is 4.90 Å². The zero-order valence-electron chi connectivity index (χ0n) is 14.2. The summed E-state index contributed by atoms with van der Waals surface area (Å²) in [6, 6.07) is 5.79. The maximum absolute atomic E-state index is 12.1. The Bertz CT molecular complexity index is 549. The summed E-state index contributed by atoms with van der Waals surface area (Å²) in [5.74, 6) is 0.768. The third kappa shape index (κ3) is 5.20. The average Bonchev–Trinajstić information content (AvgIpc) is 2.46. The maximum atomic E-state index is 12.1. The zero-order chi connectivity index (χ0) is 17.0. The lowest BCUT2D eigenvalue weighted by molar-refractivity contribution is 0.0210. The van der Waals surface area contributed by atoms with Crippen molar-refractivity contribution in [3.05, 3.63) is 23.2 Å². The summed E-state index contributed by atoms with van der Waals surface area (Å²) >= 11 is 6.05. The molecule has 1 aliphatic heterocycles. The molecule has 1 saturated heterocycles. The minimum absolute atomic E-state index is 0.240. The van der Waals surface area contributed by atoms with Crippen LogP contribution in [0.15, 0.2) is 18.2 Å². The first-order valence-corrected chi connectivity index (χ1v) is 8.24. The fraction of sp³-hybridized carbons (Fsp3) is 0.588. The summed E-state index contributed by atoms with van der Waals surface area (Å²) in [6.45, 7) is 6.99. The van der Waals surface area contributed by atoms with Gasteiger partial charge in [-0.25, -0.2) is 4.79 Å². The van der Waals surface area contributed by atoms with Gasteiger partial charge in [0.25, 0.3) is 0 Å². The summed E-state index contributed by atoms with van der Waals surface area (Å²) in [5.41, 5.74) is 0.427. The first kappa shape index (κ1) is 17.7. The molecule has 23 heavy (non-hydrogen) atoms. The van der Waals surface area contributed by atoms with Crippen LogP contribution in [0.4, 0.5) is 10.5 Å². The van der Waals surface area contributed by atoms with Crippen LogP contribution in [0.3, 0.4) is 0 Å². The highest BCUT2D eigenvalue weighted by Crippen LogP contribution is 2.29. The number of carbonyl (C=O) groups is 1. The molecule has 2 rings (SSSR count). The summed E-state index contributed by atoms with van der Waals surface area (Å²) in [6.07, 6.45) is 1.47. The predicted molar refractivity (Wildman–Crippen MR) is 92.5 cm³/mol. The smallest absolute Gasteiger partial charge is 0.410 e. The summed E-state index contributed by atoms with van der Waals surface area (Å²) in [7, 11) is 1.64. The Morgan fingerprint density at radius 1 is 1.30 bits per heavy atom. The summed E-state index contributed by atoms with van der Waals surface area (Å²) < 4.78 is 10.8. The standard InChI is InChI=1S/C17H25ClN2O3/c1-17(2,3)23-16(21)20-9-7-13(8-10-20)19-14-11-12(18)5-6-15(14)22-4/h5-6,11,13,19H,7-10H2,1-4H3. The van der Waals surface area contributed by atoms with Gasteiger partial charge in [-0.3, -0.25) is 0 Å². The van der Waals surface area contributed by atoms with Gasteiger partial charge in [-0.1, -0.05) is 11.6 Å². The van der Waals surface area contributed by atoms with Crippen LogP contribution in [0.25, 0.3) is 0 Å². The van der Waals surface area contributed by atoms with Crippen LogP contribution < -0.4 is 10.1 Å². The number of amides is 1. The topological polar surface area (TPSA) is 50.8 Å². The Balaban J connectivity index is 1.90. The number of carbonyl (C=O) groups excluding carboxylic acids is 1. The fourth-order valence-corrected chi connectivity index (χ4v) is 2.72. The number of methoxy groups -OCH3 is 1. The van der Waals surface area contributed by atoms with Crippen molar-refractivity contribution in [3.63, 3.8) is 0 Å². The number of nitrogens with one attached hydrogen (secondary N) is 1. The van der Waals surface area contributed by atoms with Crippen LogP contribution in [0.5, 0.6) is 5.75 Å². The van der Waals surface area contributed by atoms with Crippen molar-refractivity contribution in [1.29, 1.82) is 0 Å². The van der Waals surface area contributed by atoms with E-state index in [1.54, 1.807) is 18.1 Å². The van der Waals surface area contributed by atoms with Gasteiger partial charge in [-0.2, -0.15) is 0 Å². The van der Waals surface area contributed by atoms with E-state index in [0.717, 1.165) is 24.3 Å². The van der Waals surface area contributed by atoms with Gasteiger partial charge in [0.05, 0.1) is 12.8 Å². The molecule has 1 amide bonds. The lowest BCUT2D eigenvalue weighted by Crippen LogP contribution is -2.44. The summed E-state index contributed by atoms with van der Waals surface area (Å²) in [4.78, 5) is 13.8. The second kappa shape index (κ2) is 7.30. The lowest BCUT2D eigenvalue weighted by Gasteiger charge is -2.34. The van der Waals surface area contributed by atoms with Crippen LogP contribution in [0.1, 0.15) is 33.6 Å². The number of halogens is 1. The van der Waals surface area contributed by atoms with Gasteiger partial charge >= 0.3 is 6.09 Å².